The van der Waals surface area contributed by atoms with Gasteiger partial charge in [-0.1, -0.05) is 12.1 Å². The van der Waals surface area contributed by atoms with Gasteiger partial charge in [-0.3, -0.25) is 19.7 Å². The van der Waals surface area contributed by atoms with E-state index in [0.29, 0.717) is 23.1 Å². The molecule has 4 rings (SSSR count). The number of anilines is 1. The summed E-state index contributed by atoms with van der Waals surface area (Å²) in [5, 5.41) is 15.6. The molecule has 29 heavy (non-hydrogen) atoms. The van der Waals surface area contributed by atoms with Gasteiger partial charge in [0.1, 0.15) is 11.3 Å². The van der Waals surface area contributed by atoms with E-state index < -0.39 is 17.4 Å². The Morgan fingerprint density at radius 3 is 3.00 bits per heavy atom. The van der Waals surface area contributed by atoms with Crippen LogP contribution in [0.15, 0.2) is 28.4 Å². The van der Waals surface area contributed by atoms with Crippen molar-refractivity contribution in [1.82, 2.24) is 9.55 Å². The smallest absolute Gasteiger partial charge is 0.311 e. The van der Waals surface area contributed by atoms with Crippen molar-refractivity contribution in [1.29, 1.82) is 0 Å². The van der Waals surface area contributed by atoms with Gasteiger partial charge >= 0.3 is 5.97 Å². The largest absolute Gasteiger partial charge is 0.506 e. The van der Waals surface area contributed by atoms with Gasteiger partial charge in [0.2, 0.25) is 0 Å². The van der Waals surface area contributed by atoms with Gasteiger partial charge in [0.25, 0.3) is 11.5 Å². The van der Waals surface area contributed by atoms with E-state index in [1.807, 2.05) is 12.1 Å². The first-order chi connectivity index (χ1) is 14.0. The molecule has 0 saturated heterocycles. The van der Waals surface area contributed by atoms with Crippen LogP contribution in [0.4, 0.5) is 5.13 Å². The zero-order chi connectivity index (χ0) is 20.5. The number of ether oxygens (including phenoxy) is 1. The number of hydrogen-bond acceptors (Lipinski definition) is 7. The Balaban J connectivity index is 1.66. The topological polar surface area (TPSA) is 111 Å². The summed E-state index contributed by atoms with van der Waals surface area (Å²) >= 11 is 1.13. The van der Waals surface area contributed by atoms with E-state index in [1.54, 1.807) is 22.9 Å². The maximum Gasteiger partial charge on any atom is 0.311 e. The minimum atomic E-state index is -0.730. The first kappa shape index (κ1) is 19.1. The molecule has 3 aromatic rings. The Morgan fingerprint density at radius 2 is 2.21 bits per heavy atom. The summed E-state index contributed by atoms with van der Waals surface area (Å²) in [6, 6.07) is 5.44. The molecule has 0 atom stereocenters. The number of pyridine rings is 1. The summed E-state index contributed by atoms with van der Waals surface area (Å²) in [6.45, 7) is 2.49. The molecule has 1 amide bonds. The lowest BCUT2D eigenvalue weighted by molar-refractivity contribution is -0.142. The van der Waals surface area contributed by atoms with Gasteiger partial charge < -0.3 is 14.4 Å². The number of benzene rings is 1. The first-order valence-corrected chi connectivity index (χ1v) is 10.2. The molecule has 9 heteroatoms. The van der Waals surface area contributed by atoms with E-state index in [2.05, 4.69) is 10.3 Å². The Bertz CT molecular complexity index is 1180. The second kappa shape index (κ2) is 7.67. The van der Waals surface area contributed by atoms with E-state index in [-0.39, 0.29) is 29.5 Å². The van der Waals surface area contributed by atoms with Crippen molar-refractivity contribution in [3.63, 3.8) is 0 Å². The molecular formula is C20H19N3O5S. The molecule has 8 nitrogen and oxygen atoms in total. The molecule has 0 spiro atoms. The number of para-hydroxylation sites is 1. The number of amides is 1. The van der Waals surface area contributed by atoms with Crippen molar-refractivity contribution < 1.29 is 19.4 Å². The second-order valence-electron chi connectivity index (χ2n) is 6.68. The molecular weight excluding hydrogens is 394 g/mol. The molecule has 2 N–H and O–H groups in total. The van der Waals surface area contributed by atoms with Crippen LogP contribution in [0.3, 0.4) is 0 Å². The van der Waals surface area contributed by atoms with Gasteiger partial charge in [0.15, 0.2) is 5.13 Å². The fraction of sp³-hybridized carbons (Fsp3) is 0.300. The number of hydrogen-bond donors (Lipinski definition) is 2. The predicted molar refractivity (Wildman–Crippen MR) is 109 cm³/mol. The zero-order valence-corrected chi connectivity index (χ0v) is 16.5. The van der Waals surface area contributed by atoms with Crippen LogP contribution in [0.1, 0.15) is 35.0 Å². The number of nitrogens with one attached hydrogen (secondary N) is 1. The summed E-state index contributed by atoms with van der Waals surface area (Å²) in [6.07, 6.45) is 1.61. The first-order valence-electron chi connectivity index (χ1n) is 9.28. The number of nitrogens with zero attached hydrogens (tertiary/aromatic N) is 2. The van der Waals surface area contributed by atoms with Crippen LogP contribution in [0.2, 0.25) is 0 Å². The number of carbonyl (C=O) groups is 2. The lowest BCUT2D eigenvalue weighted by Gasteiger charge is -2.21. The highest BCUT2D eigenvalue weighted by molar-refractivity contribution is 7.14. The van der Waals surface area contributed by atoms with Crippen LogP contribution < -0.4 is 10.9 Å². The third-order valence-corrected chi connectivity index (χ3v) is 5.60. The maximum atomic E-state index is 12.9. The summed E-state index contributed by atoms with van der Waals surface area (Å²) in [5.41, 5.74) is 1.30. The highest BCUT2D eigenvalue weighted by Crippen LogP contribution is 2.32. The third kappa shape index (κ3) is 3.49. The van der Waals surface area contributed by atoms with E-state index in [4.69, 9.17) is 4.74 Å². The van der Waals surface area contributed by atoms with Crippen molar-refractivity contribution in [2.45, 2.75) is 32.7 Å². The molecule has 0 radical (unpaired) electrons. The summed E-state index contributed by atoms with van der Waals surface area (Å²) in [7, 11) is 0. The molecule has 3 heterocycles. The Kier molecular flexibility index (Phi) is 5.06. The fourth-order valence-corrected chi connectivity index (χ4v) is 4.29. The summed E-state index contributed by atoms with van der Waals surface area (Å²) in [5.74, 6) is -1.46. The minimum absolute atomic E-state index is 0.00296. The molecule has 1 aliphatic heterocycles. The van der Waals surface area contributed by atoms with Gasteiger partial charge in [-0.2, -0.15) is 0 Å². The standard InChI is InChI=1S/C20H19N3O5S/c1-2-28-14(24)9-12-10-29-20(21-12)22-18(26)15-17(25)13-7-3-5-11-6-4-8-23(16(11)13)19(15)27/h3,5,7,10,25H,2,4,6,8-9H2,1H3,(H,21,22,26). The normalized spacial score (nSPS) is 12.7. The van der Waals surface area contributed by atoms with Gasteiger partial charge in [-0.15, -0.1) is 11.3 Å². The molecule has 150 valence electrons. The highest BCUT2D eigenvalue weighted by Gasteiger charge is 2.25. The van der Waals surface area contributed by atoms with Crippen molar-refractivity contribution in [2.75, 3.05) is 11.9 Å². The van der Waals surface area contributed by atoms with Crippen molar-refractivity contribution in [3.8, 4) is 5.75 Å². The number of rotatable bonds is 5. The molecule has 0 unspecified atom stereocenters. The van der Waals surface area contributed by atoms with Crippen molar-refractivity contribution >= 4 is 39.2 Å². The van der Waals surface area contributed by atoms with Crippen molar-refractivity contribution in [2.24, 2.45) is 0 Å². The van der Waals surface area contributed by atoms with E-state index in [9.17, 15) is 19.5 Å². The Hall–Kier alpha value is -3.20. The van der Waals surface area contributed by atoms with Crippen LogP contribution in [0.5, 0.6) is 5.75 Å². The average Bonchev–Trinajstić information content (AvgIpc) is 3.12. The minimum Gasteiger partial charge on any atom is -0.506 e. The third-order valence-electron chi connectivity index (χ3n) is 4.80. The number of thiazole rings is 1. The number of aryl methyl sites for hydroxylation is 2. The van der Waals surface area contributed by atoms with Crippen LogP contribution in [-0.4, -0.2) is 33.1 Å². The van der Waals surface area contributed by atoms with E-state index >= 15 is 0 Å². The quantitative estimate of drug-likeness (QED) is 0.622. The van der Waals surface area contributed by atoms with E-state index in [1.165, 1.54) is 0 Å². The highest BCUT2D eigenvalue weighted by atomic mass is 32.1. The second-order valence-corrected chi connectivity index (χ2v) is 7.54. The van der Waals surface area contributed by atoms with Crippen LogP contribution in [-0.2, 0) is 28.9 Å². The molecule has 0 saturated carbocycles. The number of aromatic nitrogens is 2. The van der Waals surface area contributed by atoms with Crippen molar-refractivity contribution in [3.05, 3.63) is 50.8 Å². The number of carbonyl (C=O) groups excluding carboxylic acids is 2. The maximum absolute atomic E-state index is 12.9. The molecule has 0 aliphatic carbocycles. The van der Waals surface area contributed by atoms with E-state index in [0.717, 1.165) is 29.7 Å². The zero-order valence-electron chi connectivity index (χ0n) is 15.7. The summed E-state index contributed by atoms with van der Waals surface area (Å²) in [4.78, 5) is 41.5. The van der Waals surface area contributed by atoms with Gasteiger partial charge in [-0.25, -0.2) is 4.98 Å². The SMILES string of the molecule is CCOC(=O)Cc1csc(NC(=O)c2c(O)c3cccc4c3n(c2=O)CCC4)n1. The van der Waals surface area contributed by atoms with Gasteiger partial charge in [0, 0.05) is 17.3 Å². The molecule has 0 bridgehead atoms. The number of aromatic hydroxyl groups is 1. The Labute approximate surface area is 169 Å². The average molecular weight is 413 g/mol. The van der Waals surface area contributed by atoms with Gasteiger partial charge in [0.05, 0.1) is 24.2 Å². The fourth-order valence-electron chi connectivity index (χ4n) is 3.59. The van der Waals surface area contributed by atoms with Crippen LogP contribution in [0.25, 0.3) is 10.9 Å². The lowest BCUT2D eigenvalue weighted by atomic mass is 9.99. The summed E-state index contributed by atoms with van der Waals surface area (Å²) < 4.78 is 6.43. The van der Waals surface area contributed by atoms with Crippen LogP contribution >= 0.6 is 11.3 Å². The predicted octanol–water partition coefficient (Wildman–Crippen LogP) is 2.47. The van der Waals surface area contributed by atoms with Crippen LogP contribution in [0, 0.1) is 0 Å². The lowest BCUT2D eigenvalue weighted by Crippen LogP contribution is -2.31. The van der Waals surface area contributed by atoms with Gasteiger partial charge in [-0.05, 0) is 31.4 Å². The monoisotopic (exact) mass is 413 g/mol. The molecule has 1 aliphatic rings. The Morgan fingerprint density at radius 1 is 1.38 bits per heavy atom. The number of esters is 1. The molecule has 2 aromatic heterocycles. The molecule has 1 aromatic carbocycles. The molecule has 0 fully saturated rings.